The molecule has 0 aliphatic heterocycles. The number of hydrogen-bond donors (Lipinski definition) is 1. The number of anilines is 1. The summed E-state index contributed by atoms with van der Waals surface area (Å²) in [4.78, 5) is 17.5. The van der Waals surface area contributed by atoms with E-state index in [1.54, 1.807) is 0 Å². The lowest BCUT2D eigenvalue weighted by atomic mass is 10.0. The molecule has 1 amide bonds. The lowest BCUT2D eigenvalue weighted by Gasteiger charge is -2.06. The smallest absolute Gasteiger partial charge is 0.260 e. The molecule has 1 aliphatic carbocycles. The number of aryl methyl sites for hydroxylation is 2. The third-order valence-corrected chi connectivity index (χ3v) is 4.31. The Balaban J connectivity index is 1.80. The first kappa shape index (κ1) is 13.2. The zero-order valence-corrected chi connectivity index (χ0v) is 11.4. The van der Waals surface area contributed by atoms with Gasteiger partial charge in [0.1, 0.15) is 11.6 Å². The number of carbonyl (C=O) groups is 1. The topological polar surface area (TPSA) is 42.0 Å². The average molecular weight is 294 g/mol. The molecule has 0 saturated heterocycles. The highest BCUT2D eigenvalue weighted by molar-refractivity contribution is 7.15. The minimum Gasteiger partial charge on any atom is -0.298 e. The number of nitrogens with zero attached hydrogens (tertiary/aromatic N) is 1. The lowest BCUT2D eigenvalue weighted by molar-refractivity contribution is 0.102. The van der Waals surface area contributed by atoms with Crippen LogP contribution < -0.4 is 5.32 Å². The minimum atomic E-state index is -0.871. The molecule has 0 radical (unpaired) electrons. The molecule has 1 N–H and O–H groups in total. The summed E-state index contributed by atoms with van der Waals surface area (Å²) in [6, 6.07) is 2.89. The summed E-state index contributed by atoms with van der Waals surface area (Å²) in [5, 5.41) is 3.06. The fourth-order valence-electron chi connectivity index (χ4n) is 2.24. The second kappa shape index (κ2) is 5.28. The average Bonchev–Trinajstić information content (AvgIpc) is 2.80. The maximum absolute atomic E-state index is 13.5. The third-order valence-electron chi connectivity index (χ3n) is 3.24. The van der Waals surface area contributed by atoms with Gasteiger partial charge in [0, 0.05) is 10.9 Å². The quantitative estimate of drug-likeness (QED) is 0.920. The van der Waals surface area contributed by atoms with E-state index in [1.807, 2.05) is 0 Å². The van der Waals surface area contributed by atoms with Crippen molar-refractivity contribution in [1.82, 2.24) is 4.98 Å². The molecule has 0 spiro atoms. The predicted octanol–water partition coefficient (Wildman–Crippen LogP) is 3.55. The van der Waals surface area contributed by atoms with E-state index >= 15 is 0 Å². The fourth-order valence-corrected chi connectivity index (χ4v) is 3.29. The zero-order valence-electron chi connectivity index (χ0n) is 10.6. The maximum atomic E-state index is 13.5. The van der Waals surface area contributed by atoms with Gasteiger partial charge < -0.3 is 0 Å². The first-order valence-corrected chi connectivity index (χ1v) is 7.20. The molecular weight excluding hydrogens is 282 g/mol. The third kappa shape index (κ3) is 2.56. The van der Waals surface area contributed by atoms with Crippen LogP contribution in [0, 0.1) is 11.6 Å². The molecule has 1 heterocycles. The van der Waals surface area contributed by atoms with Gasteiger partial charge in [0.15, 0.2) is 5.13 Å². The van der Waals surface area contributed by atoms with E-state index in [0.29, 0.717) is 11.2 Å². The molecule has 20 heavy (non-hydrogen) atoms. The maximum Gasteiger partial charge on any atom is 0.260 e. The van der Waals surface area contributed by atoms with E-state index in [9.17, 15) is 13.6 Å². The Bertz CT molecular complexity index is 646. The predicted molar refractivity (Wildman–Crippen MR) is 73.1 cm³/mol. The molecule has 3 rings (SSSR count). The number of aromatic nitrogens is 1. The van der Waals surface area contributed by atoms with E-state index in [1.165, 1.54) is 16.2 Å². The molecule has 0 atom stereocenters. The van der Waals surface area contributed by atoms with Gasteiger partial charge >= 0.3 is 0 Å². The zero-order chi connectivity index (χ0) is 14.1. The van der Waals surface area contributed by atoms with E-state index in [-0.39, 0.29) is 5.56 Å². The largest absolute Gasteiger partial charge is 0.298 e. The van der Waals surface area contributed by atoms with Crippen molar-refractivity contribution in [2.45, 2.75) is 25.7 Å². The van der Waals surface area contributed by atoms with Crippen LogP contribution in [0.15, 0.2) is 18.2 Å². The highest BCUT2D eigenvalue weighted by Gasteiger charge is 2.18. The van der Waals surface area contributed by atoms with Gasteiger partial charge in [-0.2, -0.15) is 0 Å². The Morgan fingerprint density at radius 2 is 2.05 bits per heavy atom. The van der Waals surface area contributed by atoms with E-state index in [0.717, 1.165) is 43.5 Å². The van der Waals surface area contributed by atoms with Crippen LogP contribution in [0.1, 0.15) is 33.8 Å². The van der Waals surface area contributed by atoms with Crippen molar-refractivity contribution in [1.29, 1.82) is 0 Å². The standard InChI is InChI=1S/C14H12F2N2OS/c15-8-5-6-9(10(16)7-8)13(19)18-14-17-11-3-1-2-4-12(11)20-14/h5-7H,1-4H2,(H,17,18,19). The highest BCUT2D eigenvalue weighted by atomic mass is 32.1. The second-order valence-electron chi connectivity index (χ2n) is 4.67. The molecule has 1 aromatic carbocycles. The van der Waals surface area contributed by atoms with Gasteiger partial charge in [-0.3, -0.25) is 10.1 Å². The molecule has 0 fully saturated rings. The van der Waals surface area contributed by atoms with Crippen molar-refractivity contribution in [3.63, 3.8) is 0 Å². The number of benzene rings is 1. The van der Waals surface area contributed by atoms with Crippen LogP contribution in [0.4, 0.5) is 13.9 Å². The van der Waals surface area contributed by atoms with E-state index < -0.39 is 17.5 Å². The van der Waals surface area contributed by atoms with Crippen molar-refractivity contribution in [3.05, 3.63) is 46.0 Å². The van der Waals surface area contributed by atoms with Crippen LogP contribution in [0.5, 0.6) is 0 Å². The van der Waals surface area contributed by atoms with Crippen LogP contribution in [-0.2, 0) is 12.8 Å². The number of rotatable bonds is 2. The molecule has 0 bridgehead atoms. The fraction of sp³-hybridized carbons (Fsp3) is 0.286. The first-order chi connectivity index (χ1) is 9.63. The summed E-state index contributed by atoms with van der Waals surface area (Å²) in [7, 11) is 0. The SMILES string of the molecule is O=C(Nc1nc2c(s1)CCCC2)c1ccc(F)cc1F. The molecule has 0 unspecified atom stereocenters. The molecular formula is C14H12F2N2OS. The van der Waals surface area contributed by atoms with Crippen molar-refractivity contribution in [3.8, 4) is 0 Å². The first-order valence-electron chi connectivity index (χ1n) is 6.38. The summed E-state index contributed by atoms with van der Waals surface area (Å²) in [6.07, 6.45) is 4.15. The van der Waals surface area contributed by atoms with Crippen LogP contribution in [0.2, 0.25) is 0 Å². The molecule has 0 saturated carbocycles. The van der Waals surface area contributed by atoms with Gasteiger partial charge in [-0.1, -0.05) is 0 Å². The van der Waals surface area contributed by atoms with Crippen LogP contribution in [0.25, 0.3) is 0 Å². The van der Waals surface area contributed by atoms with Gasteiger partial charge in [-0.15, -0.1) is 11.3 Å². The summed E-state index contributed by atoms with van der Waals surface area (Å²) in [5.41, 5.74) is 0.843. The number of fused-ring (bicyclic) bond motifs is 1. The minimum absolute atomic E-state index is 0.181. The molecule has 3 nitrogen and oxygen atoms in total. The van der Waals surface area contributed by atoms with E-state index in [2.05, 4.69) is 10.3 Å². The van der Waals surface area contributed by atoms with Crippen LogP contribution in [0.3, 0.4) is 0 Å². The molecule has 104 valence electrons. The Morgan fingerprint density at radius 3 is 2.80 bits per heavy atom. The van der Waals surface area contributed by atoms with Crippen molar-refractivity contribution >= 4 is 22.4 Å². The molecule has 1 aliphatic rings. The van der Waals surface area contributed by atoms with Crippen molar-refractivity contribution in [2.75, 3.05) is 5.32 Å². The number of carbonyl (C=O) groups excluding carboxylic acids is 1. The lowest BCUT2D eigenvalue weighted by Crippen LogP contribution is -2.13. The van der Waals surface area contributed by atoms with Crippen LogP contribution >= 0.6 is 11.3 Å². The number of halogens is 2. The van der Waals surface area contributed by atoms with E-state index in [4.69, 9.17) is 0 Å². The summed E-state index contributed by atoms with van der Waals surface area (Å²) < 4.78 is 26.3. The van der Waals surface area contributed by atoms with Gasteiger partial charge in [-0.25, -0.2) is 13.8 Å². The Hall–Kier alpha value is -1.82. The number of hydrogen-bond acceptors (Lipinski definition) is 3. The molecule has 2 aromatic rings. The Labute approximate surface area is 118 Å². The molecule has 6 heteroatoms. The summed E-state index contributed by atoms with van der Waals surface area (Å²) in [5.74, 6) is -2.18. The number of thiazole rings is 1. The summed E-state index contributed by atoms with van der Waals surface area (Å²) in [6.45, 7) is 0. The van der Waals surface area contributed by atoms with Crippen molar-refractivity contribution < 1.29 is 13.6 Å². The Morgan fingerprint density at radius 1 is 1.25 bits per heavy atom. The number of nitrogens with one attached hydrogen (secondary N) is 1. The highest BCUT2D eigenvalue weighted by Crippen LogP contribution is 2.29. The normalized spacial score (nSPS) is 13.9. The number of amides is 1. The van der Waals surface area contributed by atoms with Crippen LogP contribution in [-0.4, -0.2) is 10.9 Å². The van der Waals surface area contributed by atoms with Gasteiger partial charge in [0.05, 0.1) is 11.3 Å². The van der Waals surface area contributed by atoms with Gasteiger partial charge in [0.2, 0.25) is 0 Å². The van der Waals surface area contributed by atoms with Crippen molar-refractivity contribution in [2.24, 2.45) is 0 Å². The molecule has 1 aromatic heterocycles. The van der Waals surface area contributed by atoms with Gasteiger partial charge in [-0.05, 0) is 37.8 Å². The second-order valence-corrected chi connectivity index (χ2v) is 5.76. The Kier molecular flexibility index (Phi) is 3.48. The summed E-state index contributed by atoms with van der Waals surface area (Å²) >= 11 is 1.43. The van der Waals surface area contributed by atoms with Gasteiger partial charge in [0.25, 0.3) is 5.91 Å². The monoisotopic (exact) mass is 294 g/mol.